The molecule has 0 saturated carbocycles. The number of amides is 1. The van der Waals surface area contributed by atoms with Crippen molar-refractivity contribution in [3.05, 3.63) is 65.2 Å². The van der Waals surface area contributed by atoms with Gasteiger partial charge in [0.25, 0.3) is 5.91 Å². The number of hydrogen-bond acceptors (Lipinski definition) is 2. The van der Waals surface area contributed by atoms with Crippen LogP contribution >= 0.6 is 0 Å². The molecule has 2 aromatic rings. The highest BCUT2D eigenvalue weighted by molar-refractivity contribution is 6.05. The number of nitrogens with zero attached hydrogens (tertiary/aromatic N) is 1. The summed E-state index contributed by atoms with van der Waals surface area (Å²) in [7, 11) is 0. The van der Waals surface area contributed by atoms with Gasteiger partial charge in [-0.1, -0.05) is 30.3 Å². The van der Waals surface area contributed by atoms with E-state index in [9.17, 15) is 4.79 Å². The van der Waals surface area contributed by atoms with Crippen LogP contribution in [0.2, 0.25) is 0 Å². The molecule has 0 bridgehead atoms. The fourth-order valence-corrected chi connectivity index (χ4v) is 1.71. The number of rotatable bonds is 2. The van der Waals surface area contributed by atoms with Crippen LogP contribution in [-0.4, -0.2) is 5.91 Å². The molecule has 0 saturated heterocycles. The van der Waals surface area contributed by atoms with Gasteiger partial charge >= 0.3 is 0 Å². The first kappa shape index (κ1) is 11.9. The van der Waals surface area contributed by atoms with Gasteiger partial charge in [0.15, 0.2) is 0 Å². The summed E-state index contributed by atoms with van der Waals surface area (Å²) in [5, 5.41) is 11.7. The molecule has 0 aromatic heterocycles. The zero-order chi connectivity index (χ0) is 13.0. The van der Waals surface area contributed by atoms with Crippen LogP contribution in [0.5, 0.6) is 0 Å². The summed E-state index contributed by atoms with van der Waals surface area (Å²) in [6, 6.07) is 16.3. The summed E-state index contributed by atoms with van der Waals surface area (Å²) in [5.74, 6) is -0.198. The summed E-state index contributed by atoms with van der Waals surface area (Å²) in [6.45, 7) is 1.88. The van der Waals surface area contributed by atoms with Crippen molar-refractivity contribution in [1.29, 1.82) is 5.26 Å². The molecule has 0 unspecified atom stereocenters. The van der Waals surface area contributed by atoms with E-state index in [0.717, 1.165) is 5.56 Å². The number of anilines is 1. The fraction of sp³-hybridized carbons (Fsp3) is 0.0667. The Labute approximate surface area is 106 Å². The van der Waals surface area contributed by atoms with E-state index >= 15 is 0 Å². The quantitative estimate of drug-likeness (QED) is 0.870. The van der Waals surface area contributed by atoms with Crippen LogP contribution in [0.15, 0.2) is 48.5 Å². The highest BCUT2D eigenvalue weighted by atomic mass is 16.1. The Balaban J connectivity index is 2.28. The molecule has 88 valence electrons. The summed E-state index contributed by atoms with van der Waals surface area (Å²) in [6.07, 6.45) is 0. The molecule has 3 nitrogen and oxygen atoms in total. The van der Waals surface area contributed by atoms with Crippen LogP contribution in [0.3, 0.4) is 0 Å². The van der Waals surface area contributed by atoms with Crippen LogP contribution in [0.1, 0.15) is 21.5 Å². The Morgan fingerprint density at radius 2 is 1.78 bits per heavy atom. The van der Waals surface area contributed by atoms with Gasteiger partial charge < -0.3 is 5.32 Å². The van der Waals surface area contributed by atoms with Gasteiger partial charge in [-0.15, -0.1) is 0 Å². The molecule has 0 radical (unpaired) electrons. The third-order valence-corrected chi connectivity index (χ3v) is 2.69. The molecule has 3 heteroatoms. The molecule has 1 N–H and O–H groups in total. The Kier molecular flexibility index (Phi) is 3.40. The molecule has 0 aliphatic carbocycles. The van der Waals surface area contributed by atoms with E-state index < -0.39 is 0 Å². The van der Waals surface area contributed by atoms with Crippen molar-refractivity contribution in [3.63, 3.8) is 0 Å². The normalized spacial score (nSPS) is 9.56. The summed E-state index contributed by atoms with van der Waals surface area (Å²) >= 11 is 0. The van der Waals surface area contributed by atoms with Crippen molar-refractivity contribution >= 4 is 11.6 Å². The maximum Gasteiger partial charge on any atom is 0.255 e. The SMILES string of the molecule is Cc1ccccc1C(=O)Nc1ccccc1C#N. The average Bonchev–Trinajstić information content (AvgIpc) is 2.39. The lowest BCUT2D eigenvalue weighted by molar-refractivity contribution is 0.102. The van der Waals surface area contributed by atoms with Gasteiger partial charge in [0.1, 0.15) is 6.07 Å². The number of para-hydroxylation sites is 1. The second-order valence-electron chi connectivity index (χ2n) is 3.93. The molecule has 0 aliphatic heterocycles. The number of nitriles is 1. The Hall–Kier alpha value is -2.60. The number of carbonyl (C=O) groups excluding carboxylic acids is 1. The number of nitrogens with one attached hydrogen (secondary N) is 1. The second kappa shape index (κ2) is 5.15. The van der Waals surface area contributed by atoms with Gasteiger partial charge in [-0.3, -0.25) is 4.79 Å². The van der Waals surface area contributed by atoms with Gasteiger partial charge in [0.05, 0.1) is 11.3 Å². The van der Waals surface area contributed by atoms with Crippen LogP contribution < -0.4 is 5.32 Å². The van der Waals surface area contributed by atoms with Crippen LogP contribution in [0.25, 0.3) is 0 Å². The van der Waals surface area contributed by atoms with E-state index in [1.165, 1.54) is 0 Å². The van der Waals surface area contributed by atoms with Crippen molar-refractivity contribution in [1.82, 2.24) is 0 Å². The summed E-state index contributed by atoms with van der Waals surface area (Å²) < 4.78 is 0. The molecule has 0 heterocycles. The van der Waals surface area contributed by atoms with Crippen molar-refractivity contribution < 1.29 is 4.79 Å². The zero-order valence-corrected chi connectivity index (χ0v) is 9.97. The highest BCUT2D eigenvalue weighted by Crippen LogP contribution is 2.16. The van der Waals surface area contributed by atoms with Gasteiger partial charge in [0.2, 0.25) is 0 Å². The lowest BCUT2D eigenvalue weighted by Crippen LogP contribution is -2.14. The number of benzene rings is 2. The van der Waals surface area contributed by atoms with E-state index in [-0.39, 0.29) is 5.91 Å². The van der Waals surface area contributed by atoms with Gasteiger partial charge in [-0.25, -0.2) is 0 Å². The molecule has 1 amide bonds. The van der Waals surface area contributed by atoms with Crippen molar-refractivity contribution in [2.45, 2.75) is 6.92 Å². The third kappa shape index (κ3) is 2.38. The lowest BCUT2D eigenvalue weighted by atomic mass is 10.1. The predicted octanol–water partition coefficient (Wildman–Crippen LogP) is 3.12. The summed E-state index contributed by atoms with van der Waals surface area (Å²) in [4.78, 5) is 12.1. The Morgan fingerprint density at radius 1 is 1.11 bits per heavy atom. The monoisotopic (exact) mass is 236 g/mol. The minimum Gasteiger partial charge on any atom is -0.321 e. The maximum absolute atomic E-state index is 12.1. The van der Waals surface area contributed by atoms with Crippen LogP contribution in [-0.2, 0) is 0 Å². The molecule has 0 fully saturated rings. The fourth-order valence-electron chi connectivity index (χ4n) is 1.71. The number of hydrogen-bond donors (Lipinski definition) is 1. The van der Waals surface area contributed by atoms with E-state index in [1.807, 2.05) is 25.1 Å². The lowest BCUT2D eigenvalue weighted by Gasteiger charge is -2.08. The first-order valence-electron chi connectivity index (χ1n) is 5.58. The largest absolute Gasteiger partial charge is 0.321 e. The molecular formula is C15H12N2O. The standard InChI is InChI=1S/C15H12N2O/c1-11-6-2-4-8-13(11)15(18)17-14-9-5-3-7-12(14)10-16/h2-9H,1H3,(H,17,18). The average molecular weight is 236 g/mol. The predicted molar refractivity (Wildman–Crippen MR) is 70.3 cm³/mol. The van der Waals surface area contributed by atoms with Crippen molar-refractivity contribution in [2.75, 3.05) is 5.32 Å². The molecular weight excluding hydrogens is 224 g/mol. The minimum absolute atomic E-state index is 0.198. The topological polar surface area (TPSA) is 52.9 Å². The second-order valence-corrected chi connectivity index (χ2v) is 3.93. The third-order valence-electron chi connectivity index (χ3n) is 2.69. The molecule has 18 heavy (non-hydrogen) atoms. The smallest absolute Gasteiger partial charge is 0.255 e. The van der Waals surface area contributed by atoms with Crippen LogP contribution in [0.4, 0.5) is 5.69 Å². The Bertz CT molecular complexity index is 626. The zero-order valence-electron chi connectivity index (χ0n) is 9.97. The van der Waals surface area contributed by atoms with E-state index in [1.54, 1.807) is 30.3 Å². The van der Waals surface area contributed by atoms with Gasteiger partial charge in [-0.05, 0) is 30.7 Å². The van der Waals surface area contributed by atoms with Crippen LogP contribution in [0, 0.1) is 18.3 Å². The molecule has 0 atom stereocenters. The van der Waals surface area contributed by atoms with Gasteiger partial charge in [0, 0.05) is 5.56 Å². The van der Waals surface area contributed by atoms with Crippen molar-refractivity contribution in [3.8, 4) is 6.07 Å². The number of aryl methyl sites for hydroxylation is 1. The molecule has 0 spiro atoms. The molecule has 2 rings (SSSR count). The van der Waals surface area contributed by atoms with E-state index in [0.29, 0.717) is 16.8 Å². The van der Waals surface area contributed by atoms with Gasteiger partial charge in [-0.2, -0.15) is 5.26 Å². The van der Waals surface area contributed by atoms with E-state index in [2.05, 4.69) is 11.4 Å². The maximum atomic E-state index is 12.1. The summed E-state index contributed by atoms with van der Waals surface area (Å²) in [5.41, 5.74) is 2.52. The minimum atomic E-state index is -0.198. The first-order valence-corrected chi connectivity index (χ1v) is 5.58. The first-order chi connectivity index (χ1) is 8.72. The molecule has 0 aliphatic rings. The number of carbonyl (C=O) groups is 1. The van der Waals surface area contributed by atoms with Crippen molar-refractivity contribution in [2.24, 2.45) is 0 Å². The van der Waals surface area contributed by atoms with E-state index in [4.69, 9.17) is 5.26 Å². The Morgan fingerprint density at radius 3 is 2.50 bits per heavy atom. The molecule has 2 aromatic carbocycles. The highest BCUT2D eigenvalue weighted by Gasteiger charge is 2.10.